The summed E-state index contributed by atoms with van der Waals surface area (Å²) in [6, 6.07) is 8.02. The monoisotopic (exact) mass is 513 g/mol. The molecule has 11 heteroatoms. The number of hydrogen-bond acceptors (Lipinski definition) is 3. The van der Waals surface area contributed by atoms with Gasteiger partial charge in [-0.2, -0.15) is 26.3 Å². The molecule has 1 amide bonds. The third-order valence-corrected chi connectivity index (χ3v) is 5.02. The summed E-state index contributed by atoms with van der Waals surface area (Å²) in [7, 11) is 0. The summed E-state index contributed by atoms with van der Waals surface area (Å²) in [5.74, 6) is 0. The fraction of sp³-hybridized carbons (Fsp3) is 0.360. The van der Waals surface area contributed by atoms with Crippen LogP contribution in [0.3, 0.4) is 0 Å². The van der Waals surface area contributed by atoms with Gasteiger partial charge >= 0.3 is 18.4 Å². The smallest absolute Gasteiger partial charge is 0.416 e. The number of nitrogens with one attached hydrogen (secondary N) is 2. The molecule has 0 aliphatic heterocycles. The maximum atomic E-state index is 13.1. The number of alkyl halides is 6. The van der Waals surface area contributed by atoms with Crippen molar-refractivity contribution in [2.24, 2.45) is 4.99 Å². The summed E-state index contributed by atoms with van der Waals surface area (Å²) in [6.45, 7) is 4.59. The molecule has 1 aromatic heterocycles. The molecule has 0 spiro atoms. The number of amides is 1. The van der Waals surface area contributed by atoms with Crippen LogP contribution in [-0.2, 0) is 30.1 Å². The van der Waals surface area contributed by atoms with Crippen LogP contribution in [0.4, 0.5) is 31.1 Å². The first kappa shape index (κ1) is 27.1. The van der Waals surface area contributed by atoms with E-state index >= 15 is 0 Å². The summed E-state index contributed by atoms with van der Waals surface area (Å²) in [5, 5.41) is 3.55. The van der Waals surface area contributed by atoms with Crippen LogP contribution >= 0.6 is 0 Å². The Hall–Kier alpha value is -3.50. The van der Waals surface area contributed by atoms with Crippen LogP contribution in [0.1, 0.15) is 43.0 Å². The average molecular weight is 513 g/mol. The lowest BCUT2D eigenvalue weighted by Crippen LogP contribution is -2.41. The van der Waals surface area contributed by atoms with Crippen LogP contribution in [0, 0.1) is 0 Å². The minimum atomic E-state index is -4.95. The molecule has 3 rings (SSSR count). The van der Waals surface area contributed by atoms with Crippen molar-refractivity contribution >= 4 is 23.2 Å². The van der Waals surface area contributed by atoms with Crippen LogP contribution in [0.25, 0.3) is 10.9 Å². The van der Waals surface area contributed by atoms with E-state index in [-0.39, 0.29) is 18.1 Å². The molecule has 0 aliphatic carbocycles. The molecular weight excluding hydrogens is 488 g/mol. The van der Waals surface area contributed by atoms with Crippen molar-refractivity contribution in [2.45, 2.75) is 57.7 Å². The van der Waals surface area contributed by atoms with Gasteiger partial charge in [0.15, 0.2) is 0 Å². The lowest BCUT2D eigenvalue weighted by Gasteiger charge is -2.22. The molecule has 194 valence electrons. The highest BCUT2D eigenvalue weighted by atomic mass is 19.4. The molecular formula is C25H25F6N3O2. The molecule has 1 heterocycles. The molecule has 0 unspecified atom stereocenters. The van der Waals surface area contributed by atoms with Crippen LogP contribution in [-0.4, -0.2) is 28.9 Å². The van der Waals surface area contributed by atoms with E-state index in [0.29, 0.717) is 12.1 Å². The van der Waals surface area contributed by atoms with Crippen molar-refractivity contribution < 1.29 is 35.9 Å². The number of para-hydroxylation sites is 1. The molecule has 0 radical (unpaired) electrons. The van der Waals surface area contributed by atoms with Crippen molar-refractivity contribution in [1.29, 1.82) is 0 Å². The molecule has 1 atom stereocenters. The molecule has 2 aromatic carbocycles. The van der Waals surface area contributed by atoms with Gasteiger partial charge in [0.05, 0.1) is 23.7 Å². The van der Waals surface area contributed by atoms with E-state index in [1.54, 1.807) is 27.0 Å². The number of benzene rings is 2. The molecule has 0 saturated carbocycles. The quantitative estimate of drug-likeness (QED) is 0.278. The number of fused-ring (bicyclic) bond motifs is 1. The van der Waals surface area contributed by atoms with Gasteiger partial charge < -0.3 is 15.0 Å². The summed E-state index contributed by atoms with van der Waals surface area (Å²) >= 11 is 0. The summed E-state index contributed by atoms with van der Waals surface area (Å²) < 4.78 is 84.1. The number of alkyl carbamates (subject to hydrolysis) is 1. The lowest BCUT2D eigenvalue weighted by molar-refractivity contribution is -0.143. The van der Waals surface area contributed by atoms with Gasteiger partial charge in [-0.05, 0) is 62.6 Å². The van der Waals surface area contributed by atoms with Gasteiger partial charge in [0.25, 0.3) is 0 Å². The van der Waals surface area contributed by atoms with Crippen molar-refractivity contribution in [1.82, 2.24) is 10.3 Å². The van der Waals surface area contributed by atoms with Crippen molar-refractivity contribution in [2.75, 3.05) is 0 Å². The highest BCUT2D eigenvalue weighted by Crippen LogP contribution is 2.36. The Morgan fingerprint density at radius 1 is 1.03 bits per heavy atom. The van der Waals surface area contributed by atoms with Crippen molar-refractivity contribution in [3.8, 4) is 0 Å². The molecule has 0 fully saturated rings. The van der Waals surface area contributed by atoms with E-state index in [1.807, 2.05) is 24.3 Å². The Morgan fingerprint density at radius 2 is 1.64 bits per heavy atom. The average Bonchev–Trinajstić information content (AvgIpc) is 3.14. The van der Waals surface area contributed by atoms with Crippen molar-refractivity contribution in [3.63, 3.8) is 0 Å². The van der Waals surface area contributed by atoms with E-state index in [4.69, 9.17) is 4.74 Å². The van der Waals surface area contributed by atoms with E-state index in [1.165, 1.54) is 6.21 Å². The highest BCUT2D eigenvalue weighted by molar-refractivity contribution is 5.84. The van der Waals surface area contributed by atoms with Crippen LogP contribution in [0.5, 0.6) is 0 Å². The van der Waals surface area contributed by atoms with Crippen LogP contribution < -0.4 is 5.32 Å². The maximum absolute atomic E-state index is 13.1. The second-order valence-corrected chi connectivity index (χ2v) is 9.22. The minimum Gasteiger partial charge on any atom is -0.444 e. The van der Waals surface area contributed by atoms with Crippen LogP contribution in [0.2, 0.25) is 0 Å². The molecule has 0 aliphatic rings. The number of hydrogen-bond donors (Lipinski definition) is 2. The molecule has 2 N–H and O–H groups in total. The Morgan fingerprint density at radius 3 is 2.22 bits per heavy atom. The summed E-state index contributed by atoms with van der Waals surface area (Å²) in [6.07, 6.45) is -7.34. The third-order valence-electron chi connectivity index (χ3n) is 5.02. The first-order valence-corrected chi connectivity index (χ1v) is 10.9. The topological polar surface area (TPSA) is 66.5 Å². The Bertz CT molecular complexity index is 1210. The number of nitrogens with zero attached hydrogens (tertiary/aromatic N) is 1. The zero-order chi connectivity index (χ0) is 26.7. The molecule has 3 aromatic rings. The Kier molecular flexibility index (Phi) is 7.70. The first-order valence-electron chi connectivity index (χ1n) is 10.9. The number of aromatic amines is 1. The van der Waals surface area contributed by atoms with Gasteiger partial charge in [0.2, 0.25) is 0 Å². The van der Waals surface area contributed by atoms with Gasteiger partial charge in [-0.25, -0.2) is 4.79 Å². The SMILES string of the molecule is CC(C)(C)OC(=O)N[C@H](C=NCc1cc(C(F)(F)F)cc(C(F)(F)F)c1)Cc1c[nH]c2ccccc12. The fourth-order valence-electron chi connectivity index (χ4n) is 3.53. The van der Waals surface area contributed by atoms with Gasteiger partial charge in [0.1, 0.15) is 5.60 Å². The second kappa shape index (κ2) is 10.2. The van der Waals surface area contributed by atoms with Gasteiger partial charge in [-0.15, -0.1) is 0 Å². The predicted molar refractivity (Wildman–Crippen MR) is 124 cm³/mol. The maximum Gasteiger partial charge on any atom is 0.416 e. The van der Waals surface area contributed by atoms with E-state index in [9.17, 15) is 31.1 Å². The standard InChI is InChI=1S/C25H25F6N3O2/c1-23(2,3)36-22(35)34-19(10-16-13-33-21-7-5-4-6-20(16)21)14-32-12-15-8-17(24(26,27)28)11-18(9-15)25(29,30)31/h4-9,11,13-14,19,33H,10,12H2,1-3H3,(H,34,35)/t19-/m0/s1. The number of ether oxygens (including phenoxy) is 1. The summed E-state index contributed by atoms with van der Waals surface area (Å²) in [4.78, 5) is 19.5. The summed E-state index contributed by atoms with van der Waals surface area (Å²) in [5.41, 5.74) is -2.18. The lowest BCUT2D eigenvalue weighted by atomic mass is 10.0. The number of aliphatic imine (C=N–C) groups is 1. The van der Waals surface area contributed by atoms with E-state index in [0.717, 1.165) is 16.5 Å². The van der Waals surface area contributed by atoms with Crippen LogP contribution in [0.15, 0.2) is 53.7 Å². The number of carbonyl (C=O) groups excluding carboxylic acids is 1. The number of rotatable bonds is 6. The number of carbonyl (C=O) groups is 1. The van der Waals surface area contributed by atoms with Gasteiger partial charge in [-0.1, -0.05) is 18.2 Å². The minimum absolute atomic E-state index is 0.0666. The zero-order valence-electron chi connectivity index (χ0n) is 19.7. The Labute approximate surface area is 203 Å². The van der Waals surface area contributed by atoms with Gasteiger partial charge in [-0.3, -0.25) is 4.99 Å². The number of aromatic nitrogens is 1. The van der Waals surface area contributed by atoms with Crippen molar-refractivity contribution in [3.05, 3.63) is 70.9 Å². The van der Waals surface area contributed by atoms with E-state index in [2.05, 4.69) is 15.3 Å². The Balaban J connectivity index is 1.86. The fourth-order valence-corrected chi connectivity index (χ4v) is 3.53. The molecule has 0 bridgehead atoms. The highest BCUT2D eigenvalue weighted by Gasteiger charge is 2.36. The predicted octanol–water partition coefficient (Wildman–Crippen LogP) is 6.91. The zero-order valence-corrected chi connectivity index (χ0v) is 19.7. The third kappa shape index (κ3) is 7.50. The molecule has 0 saturated heterocycles. The number of H-pyrrole nitrogens is 1. The first-order chi connectivity index (χ1) is 16.6. The van der Waals surface area contributed by atoms with Gasteiger partial charge in [0, 0.05) is 23.3 Å². The largest absolute Gasteiger partial charge is 0.444 e. The normalized spacial score (nSPS) is 13.8. The number of halogens is 6. The molecule has 36 heavy (non-hydrogen) atoms. The van der Waals surface area contributed by atoms with E-state index < -0.39 is 47.8 Å². The molecule has 5 nitrogen and oxygen atoms in total. The second-order valence-electron chi connectivity index (χ2n) is 9.22.